The molecule has 4 aliphatic rings. The normalized spacial score (nSPS) is 27.0. The molecule has 5 atom stereocenters. The van der Waals surface area contributed by atoms with E-state index in [2.05, 4.69) is 11.0 Å². The summed E-state index contributed by atoms with van der Waals surface area (Å²) in [4.78, 5) is 54.3. The van der Waals surface area contributed by atoms with Crippen LogP contribution in [0.15, 0.2) is 42.5 Å². The molecule has 0 radical (unpaired) electrons. The molecule has 222 valence electrons. The van der Waals surface area contributed by atoms with E-state index < -0.39 is 5.97 Å². The van der Waals surface area contributed by atoms with Crippen LogP contribution < -0.4 is 9.47 Å². The van der Waals surface area contributed by atoms with E-state index in [1.54, 1.807) is 6.92 Å². The highest BCUT2D eigenvalue weighted by Gasteiger charge is 2.66. The number of hydrogen-bond acceptors (Lipinski definition) is 7. The number of carbonyl (C=O) groups is 4. The maximum atomic E-state index is 13.5. The molecule has 2 fully saturated rings. The van der Waals surface area contributed by atoms with Crippen LogP contribution in [0.3, 0.4) is 0 Å². The van der Waals surface area contributed by atoms with Crippen LogP contribution in [0.4, 0.5) is 0 Å². The van der Waals surface area contributed by atoms with Gasteiger partial charge in [0, 0.05) is 49.4 Å². The first kappa shape index (κ1) is 28.6. The first-order valence-corrected chi connectivity index (χ1v) is 15.3. The van der Waals surface area contributed by atoms with Crippen LogP contribution >= 0.6 is 0 Å². The van der Waals surface area contributed by atoms with Gasteiger partial charge < -0.3 is 14.4 Å². The van der Waals surface area contributed by atoms with Crippen molar-refractivity contribution in [3.63, 3.8) is 0 Å². The highest BCUT2D eigenvalue weighted by Crippen LogP contribution is 2.64. The molecule has 6 rings (SSSR count). The van der Waals surface area contributed by atoms with Gasteiger partial charge in [0.25, 0.3) is 0 Å². The Morgan fingerprint density at radius 1 is 1.02 bits per heavy atom. The average Bonchev–Trinajstić information content (AvgIpc) is 3.32. The number of rotatable bonds is 10. The molecular formula is C34H40N2O6. The van der Waals surface area contributed by atoms with Crippen molar-refractivity contribution in [3.05, 3.63) is 59.2 Å². The first-order valence-electron chi connectivity index (χ1n) is 15.3. The minimum atomic E-state index is -0.390. The second-order valence-electron chi connectivity index (χ2n) is 12.5. The zero-order valence-corrected chi connectivity index (χ0v) is 24.8. The number of likely N-dealkylation sites (N-methyl/N-ethyl adjacent to an activating group) is 1. The van der Waals surface area contributed by atoms with Gasteiger partial charge in [-0.1, -0.05) is 36.4 Å². The number of ketones is 2. The molecule has 1 saturated heterocycles. The van der Waals surface area contributed by atoms with Crippen molar-refractivity contribution in [2.24, 2.45) is 5.92 Å². The van der Waals surface area contributed by atoms with Gasteiger partial charge in [-0.25, -0.2) is 0 Å². The van der Waals surface area contributed by atoms with Crippen LogP contribution in [0.2, 0.25) is 0 Å². The SMILES string of the molecule is CC(=O)CN1CC[C@]23c4c5ccc(OC(C)=O)c4O[C@H]2[C@H](N(C)C(=O)CCCCC(=O)c2ccccc2)CC[C@H]3[C@H]1C5. The van der Waals surface area contributed by atoms with Gasteiger partial charge in [-0.2, -0.15) is 0 Å². The lowest BCUT2D eigenvalue weighted by Gasteiger charge is -2.60. The number of hydrogen-bond donors (Lipinski definition) is 0. The Hall–Kier alpha value is -3.52. The molecule has 42 heavy (non-hydrogen) atoms. The third kappa shape index (κ3) is 4.83. The molecule has 1 amide bonds. The van der Waals surface area contributed by atoms with E-state index in [-0.39, 0.29) is 41.1 Å². The zero-order chi connectivity index (χ0) is 29.6. The van der Waals surface area contributed by atoms with Crippen molar-refractivity contribution < 1.29 is 28.7 Å². The number of unbranched alkanes of at least 4 members (excludes halogenated alkanes) is 1. The van der Waals surface area contributed by atoms with Gasteiger partial charge in [-0.3, -0.25) is 24.1 Å². The lowest BCUT2D eigenvalue weighted by molar-refractivity contribution is -0.141. The number of piperidine rings is 1. The third-order valence-electron chi connectivity index (χ3n) is 10.1. The smallest absolute Gasteiger partial charge is 0.308 e. The number of ether oxygens (including phenoxy) is 2. The molecule has 2 aliphatic carbocycles. The monoisotopic (exact) mass is 572 g/mol. The maximum Gasteiger partial charge on any atom is 0.308 e. The molecule has 2 heterocycles. The quantitative estimate of drug-likeness (QED) is 0.179. The highest BCUT2D eigenvalue weighted by molar-refractivity contribution is 5.96. The fourth-order valence-electron chi connectivity index (χ4n) is 8.39. The van der Waals surface area contributed by atoms with Gasteiger partial charge in [-0.15, -0.1) is 0 Å². The molecule has 8 nitrogen and oxygen atoms in total. The lowest BCUT2D eigenvalue weighted by Crippen LogP contribution is -2.69. The van der Waals surface area contributed by atoms with Gasteiger partial charge in [0.05, 0.1) is 12.6 Å². The fraction of sp³-hybridized carbons (Fsp3) is 0.529. The number of carbonyl (C=O) groups excluding carboxylic acids is 4. The van der Waals surface area contributed by atoms with Crippen LogP contribution in [0.1, 0.15) is 80.3 Å². The summed E-state index contributed by atoms with van der Waals surface area (Å²) in [5.41, 5.74) is 2.76. The van der Waals surface area contributed by atoms with Crippen LogP contribution in [0.25, 0.3) is 0 Å². The Balaban J connectivity index is 1.22. The summed E-state index contributed by atoms with van der Waals surface area (Å²) in [6, 6.07) is 13.3. The third-order valence-corrected chi connectivity index (χ3v) is 10.1. The zero-order valence-electron chi connectivity index (χ0n) is 24.8. The number of benzene rings is 2. The second-order valence-corrected chi connectivity index (χ2v) is 12.5. The van der Waals surface area contributed by atoms with Gasteiger partial charge in [0.15, 0.2) is 17.3 Å². The minimum Gasteiger partial charge on any atom is -0.483 e. The highest BCUT2D eigenvalue weighted by atomic mass is 16.6. The summed E-state index contributed by atoms with van der Waals surface area (Å²) in [7, 11) is 1.88. The number of esters is 1. The number of amides is 1. The summed E-state index contributed by atoms with van der Waals surface area (Å²) in [6.07, 6.45) is 5.27. The van der Waals surface area contributed by atoms with Crippen LogP contribution in [-0.4, -0.2) is 71.6 Å². The first-order chi connectivity index (χ1) is 20.2. The summed E-state index contributed by atoms with van der Waals surface area (Å²) >= 11 is 0. The number of likely N-dealkylation sites (tertiary alicyclic amines) is 1. The van der Waals surface area contributed by atoms with Crippen molar-refractivity contribution in [1.82, 2.24) is 9.80 Å². The van der Waals surface area contributed by atoms with E-state index in [0.29, 0.717) is 55.2 Å². The molecule has 8 heteroatoms. The lowest BCUT2D eigenvalue weighted by atomic mass is 9.51. The van der Waals surface area contributed by atoms with Crippen molar-refractivity contribution in [2.75, 3.05) is 20.1 Å². The van der Waals surface area contributed by atoms with Crippen molar-refractivity contribution in [1.29, 1.82) is 0 Å². The number of Topliss-reactive ketones (excluding diaryl/α,β-unsaturated/α-hetero) is 2. The molecule has 2 bridgehead atoms. The molecule has 2 aromatic rings. The van der Waals surface area contributed by atoms with E-state index >= 15 is 0 Å². The Bertz CT molecular complexity index is 1410. The molecule has 1 spiro atoms. The predicted octanol–water partition coefficient (Wildman–Crippen LogP) is 4.51. The van der Waals surface area contributed by atoms with E-state index in [9.17, 15) is 19.2 Å². The topological polar surface area (TPSA) is 93.2 Å². The molecule has 1 saturated carbocycles. The fourth-order valence-corrected chi connectivity index (χ4v) is 8.39. The van der Waals surface area contributed by atoms with Crippen molar-refractivity contribution in [2.45, 2.75) is 88.8 Å². The summed E-state index contributed by atoms with van der Waals surface area (Å²) in [5, 5.41) is 0. The van der Waals surface area contributed by atoms with Crippen molar-refractivity contribution >= 4 is 23.4 Å². The second kappa shape index (κ2) is 11.3. The van der Waals surface area contributed by atoms with Crippen LogP contribution in [0, 0.1) is 5.92 Å². The Kier molecular flexibility index (Phi) is 7.68. The summed E-state index contributed by atoms with van der Waals surface area (Å²) < 4.78 is 12.4. The van der Waals surface area contributed by atoms with Crippen LogP contribution in [0.5, 0.6) is 11.5 Å². The average molecular weight is 573 g/mol. The molecule has 0 N–H and O–H groups in total. The van der Waals surface area contributed by atoms with Gasteiger partial charge in [-0.05, 0) is 69.5 Å². The summed E-state index contributed by atoms with van der Waals surface area (Å²) in [6.45, 7) is 4.29. The van der Waals surface area contributed by atoms with Gasteiger partial charge in [0.1, 0.15) is 11.9 Å². The van der Waals surface area contributed by atoms with Crippen molar-refractivity contribution in [3.8, 4) is 11.5 Å². The predicted molar refractivity (Wildman–Crippen MR) is 157 cm³/mol. The Morgan fingerprint density at radius 2 is 1.79 bits per heavy atom. The Morgan fingerprint density at radius 3 is 2.52 bits per heavy atom. The Labute approximate surface area is 247 Å². The van der Waals surface area contributed by atoms with E-state index in [1.165, 1.54) is 12.5 Å². The van der Waals surface area contributed by atoms with Gasteiger partial charge in [0.2, 0.25) is 5.91 Å². The van der Waals surface area contributed by atoms with E-state index in [4.69, 9.17) is 9.47 Å². The van der Waals surface area contributed by atoms with E-state index in [0.717, 1.165) is 37.8 Å². The maximum absolute atomic E-state index is 13.5. The molecule has 0 unspecified atom stereocenters. The van der Waals surface area contributed by atoms with Crippen LogP contribution in [-0.2, 0) is 26.2 Å². The van der Waals surface area contributed by atoms with E-state index in [1.807, 2.05) is 48.3 Å². The van der Waals surface area contributed by atoms with Gasteiger partial charge >= 0.3 is 5.97 Å². The number of nitrogens with zero attached hydrogens (tertiary/aromatic N) is 2. The minimum absolute atomic E-state index is 0.0587. The molecule has 2 aromatic carbocycles. The molecular weight excluding hydrogens is 532 g/mol. The largest absolute Gasteiger partial charge is 0.483 e. The molecule has 0 aromatic heterocycles. The standard InChI is InChI=1S/C34H40N2O6/c1-21(37)20-36-18-17-34-25-14-15-26(35(3)30(40)12-8-7-11-28(39)23-9-5-4-6-10-23)33(34)42-32-29(41-22(2)38)16-13-24(31(32)34)19-27(25)36/h4-6,9-10,13,16,25-27,33H,7-8,11-12,14-15,17-20H2,1-3H3/t25-,26+,27+,33-,34-/m0/s1. The molecule has 2 aliphatic heterocycles. The summed E-state index contributed by atoms with van der Waals surface area (Å²) in [5.74, 6) is 1.34.